The molecule has 0 saturated heterocycles. The van der Waals surface area contributed by atoms with Crippen LogP contribution >= 0.6 is 11.3 Å². The van der Waals surface area contributed by atoms with Crippen molar-refractivity contribution in [3.8, 4) is 0 Å². The van der Waals surface area contributed by atoms with Crippen LogP contribution in [0.15, 0.2) is 23.5 Å². The molecule has 0 bridgehead atoms. The number of carbonyl (C=O) groups excluding carboxylic acids is 1. The summed E-state index contributed by atoms with van der Waals surface area (Å²) in [5.74, 6) is -0.511. The zero-order valence-corrected chi connectivity index (χ0v) is 10.6. The van der Waals surface area contributed by atoms with Gasteiger partial charge in [0.15, 0.2) is 0 Å². The summed E-state index contributed by atoms with van der Waals surface area (Å²) in [6, 6.07) is 3.89. The third-order valence-corrected chi connectivity index (χ3v) is 3.37. The number of esters is 1. The highest BCUT2D eigenvalue weighted by Crippen LogP contribution is 2.24. The van der Waals surface area contributed by atoms with E-state index >= 15 is 0 Å². The molecule has 17 heavy (non-hydrogen) atoms. The molecule has 0 aliphatic carbocycles. The molecule has 0 atom stereocenters. The van der Waals surface area contributed by atoms with E-state index in [1.807, 2.05) is 29.7 Å². The zero-order valence-electron chi connectivity index (χ0n) is 9.76. The Balaban J connectivity index is 2.63. The maximum atomic E-state index is 11.7. The maximum absolute atomic E-state index is 11.7. The number of ether oxygens (including phenoxy) is 1. The second-order valence-electron chi connectivity index (χ2n) is 3.34. The van der Waals surface area contributed by atoms with E-state index in [1.54, 1.807) is 11.3 Å². The van der Waals surface area contributed by atoms with Gasteiger partial charge in [0.05, 0.1) is 17.6 Å². The minimum absolute atomic E-state index is 0.176. The van der Waals surface area contributed by atoms with Gasteiger partial charge in [-0.1, -0.05) is 5.16 Å². The monoisotopic (exact) mass is 252 g/mol. The lowest BCUT2D eigenvalue weighted by Crippen LogP contribution is -2.20. The summed E-state index contributed by atoms with van der Waals surface area (Å²) in [4.78, 5) is 18.4. The molecule has 0 N–H and O–H groups in total. The molecule has 2 rings (SSSR count). The van der Waals surface area contributed by atoms with E-state index < -0.39 is 5.97 Å². The molecular formula is C11H12N2O3S. The normalized spacial score (nSPS) is 11.8. The van der Waals surface area contributed by atoms with Crippen LogP contribution in [0, 0.1) is 6.92 Å². The SMILES string of the molecule is CO/N=C(\C(=O)OC)c1c(C)sc2cccn12. The van der Waals surface area contributed by atoms with Gasteiger partial charge in [-0.05, 0) is 19.1 Å². The highest BCUT2D eigenvalue weighted by molar-refractivity contribution is 7.17. The van der Waals surface area contributed by atoms with E-state index in [2.05, 4.69) is 5.16 Å². The van der Waals surface area contributed by atoms with Gasteiger partial charge in [-0.3, -0.25) is 0 Å². The topological polar surface area (TPSA) is 52.3 Å². The van der Waals surface area contributed by atoms with Crippen molar-refractivity contribution in [3.05, 3.63) is 28.9 Å². The fourth-order valence-corrected chi connectivity index (χ4v) is 2.66. The first-order chi connectivity index (χ1) is 8.19. The molecule has 0 aromatic carbocycles. The van der Waals surface area contributed by atoms with Gasteiger partial charge in [-0.2, -0.15) is 0 Å². The summed E-state index contributed by atoms with van der Waals surface area (Å²) in [7, 11) is 2.72. The molecule has 2 heterocycles. The Morgan fingerprint density at radius 2 is 2.24 bits per heavy atom. The van der Waals surface area contributed by atoms with Crippen LogP contribution in [0.2, 0.25) is 0 Å². The molecule has 0 aliphatic rings. The van der Waals surface area contributed by atoms with Crippen LogP contribution in [0.1, 0.15) is 10.6 Å². The van der Waals surface area contributed by atoms with Crippen LogP contribution in [-0.2, 0) is 14.4 Å². The van der Waals surface area contributed by atoms with E-state index in [1.165, 1.54) is 14.2 Å². The van der Waals surface area contributed by atoms with Crippen molar-refractivity contribution in [3.63, 3.8) is 0 Å². The second-order valence-corrected chi connectivity index (χ2v) is 4.57. The summed E-state index contributed by atoms with van der Waals surface area (Å²) in [5, 5.41) is 3.76. The molecule has 0 amide bonds. The fraction of sp³-hybridized carbons (Fsp3) is 0.273. The molecule has 2 aromatic heterocycles. The van der Waals surface area contributed by atoms with Gasteiger partial charge < -0.3 is 14.0 Å². The zero-order chi connectivity index (χ0) is 12.4. The number of rotatable bonds is 3. The van der Waals surface area contributed by atoms with E-state index in [0.29, 0.717) is 5.69 Å². The van der Waals surface area contributed by atoms with Gasteiger partial charge in [-0.15, -0.1) is 11.3 Å². The summed E-state index contributed by atoms with van der Waals surface area (Å²) in [5.41, 5.74) is 0.888. The number of fused-ring (bicyclic) bond motifs is 1. The summed E-state index contributed by atoms with van der Waals surface area (Å²) >= 11 is 1.59. The van der Waals surface area contributed by atoms with Crippen molar-refractivity contribution < 1.29 is 14.4 Å². The number of carbonyl (C=O) groups is 1. The summed E-state index contributed by atoms with van der Waals surface area (Å²) in [6.07, 6.45) is 1.88. The highest BCUT2D eigenvalue weighted by atomic mass is 32.1. The molecule has 6 heteroatoms. The number of hydrogen-bond donors (Lipinski definition) is 0. The number of thiazole rings is 1. The molecular weight excluding hydrogens is 240 g/mol. The molecule has 5 nitrogen and oxygen atoms in total. The Morgan fingerprint density at radius 1 is 1.47 bits per heavy atom. The molecule has 90 valence electrons. The van der Waals surface area contributed by atoms with Crippen molar-refractivity contribution in [2.45, 2.75) is 6.92 Å². The molecule has 0 unspecified atom stereocenters. The fourth-order valence-electron chi connectivity index (χ4n) is 1.65. The number of hydrogen-bond acceptors (Lipinski definition) is 5. The van der Waals surface area contributed by atoms with Crippen LogP contribution in [0.3, 0.4) is 0 Å². The van der Waals surface area contributed by atoms with Gasteiger partial charge >= 0.3 is 5.97 Å². The van der Waals surface area contributed by atoms with E-state index in [9.17, 15) is 4.79 Å². The van der Waals surface area contributed by atoms with Crippen LogP contribution in [-0.4, -0.2) is 30.3 Å². The number of aryl methyl sites for hydroxylation is 1. The lowest BCUT2D eigenvalue weighted by Gasteiger charge is -2.04. The van der Waals surface area contributed by atoms with Crippen LogP contribution in [0.4, 0.5) is 0 Å². The van der Waals surface area contributed by atoms with Crippen molar-refractivity contribution in [2.24, 2.45) is 5.16 Å². The Morgan fingerprint density at radius 3 is 2.88 bits per heavy atom. The van der Waals surface area contributed by atoms with Crippen molar-refractivity contribution in [1.29, 1.82) is 0 Å². The first kappa shape index (κ1) is 11.7. The van der Waals surface area contributed by atoms with Crippen LogP contribution in [0.5, 0.6) is 0 Å². The summed E-state index contributed by atoms with van der Waals surface area (Å²) in [6.45, 7) is 1.93. The average Bonchev–Trinajstić information content (AvgIpc) is 2.85. The van der Waals surface area contributed by atoms with Crippen LogP contribution in [0.25, 0.3) is 4.83 Å². The number of aromatic nitrogens is 1. The predicted octanol–water partition coefficient (Wildman–Crippen LogP) is 1.83. The molecule has 2 aromatic rings. The van der Waals surface area contributed by atoms with Gasteiger partial charge in [0, 0.05) is 11.1 Å². The minimum atomic E-state index is -0.511. The van der Waals surface area contributed by atoms with E-state index in [-0.39, 0.29) is 5.71 Å². The van der Waals surface area contributed by atoms with Crippen molar-refractivity contribution >= 4 is 27.8 Å². The number of nitrogens with zero attached hydrogens (tertiary/aromatic N) is 2. The largest absolute Gasteiger partial charge is 0.464 e. The number of oxime groups is 1. The van der Waals surface area contributed by atoms with Gasteiger partial charge in [0.1, 0.15) is 7.11 Å². The Kier molecular flexibility index (Phi) is 3.14. The molecule has 0 fully saturated rings. The third kappa shape index (κ3) is 1.91. The standard InChI is InChI=1S/C11H12N2O3S/c1-7-10(9(12-16-3)11(14)15-2)13-6-4-5-8(13)17-7/h4-6H,1-3H3/b12-9-. The predicted molar refractivity (Wildman–Crippen MR) is 65.6 cm³/mol. The number of methoxy groups -OCH3 is 1. The Hall–Kier alpha value is -1.82. The summed E-state index contributed by atoms with van der Waals surface area (Å²) < 4.78 is 6.61. The second kappa shape index (κ2) is 4.58. The Labute approximate surface area is 102 Å². The molecule has 0 saturated carbocycles. The smallest absolute Gasteiger partial charge is 0.362 e. The third-order valence-electron chi connectivity index (χ3n) is 2.33. The van der Waals surface area contributed by atoms with Crippen molar-refractivity contribution in [1.82, 2.24) is 4.40 Å². The molecule has 0 spiro atoms. The first-order valence-electron chi connectivity index (χ1n) is 4.95. The lowest BCUT2D eigenvalue weighted by atomic mass is 10.2. The maximum Gasteiger partial charge on any atom is 0.362 e. The average molecular weight is 252 g/mol. The van der Waals surface area contributed by atoms with Gasteiger partial charge in [-0.25, -0.2) is 4.79 Å². The molecule has 0 radical (unpaired) electrons. The van der Waals surface area contributed by atoms with Crippen LogP contribution < -0.4 is 0 Å². The Bertz CT molecular complexity index is 583. The van der Waals surface area contributed by atoms with E-state index in [4.69, 9.17) is 9.57 Å². The van der Waals surface area contributed by atoms with E-state index in [0.717, 1.165) is 9.71 Å². The molecule has 0 aliphatic heterocycles. The van der Waals surface area contributed by atoms with Gasteiger partial charge in [0.25, 0.3) is 0 Å². The minimum Gasteiger partial charge on any atom is -0.464 e. The highest BCUT2D eigenvalue weighted by Gasteiger charge is 2.22. The van der Waals surface area contributed by atoms with Crippen molar-refractivity contribution in [2.75, 3.05) is 14.2 Å². The van der Waals surface area contributed by atoms with Gasteiger partial charge in [0.2, 0.25) is 5.71 Å². The quantitative estimate of drug-likeness (QED) is 0.476. The first-order valence-corrected chi connectivity index (χ1v) is 5.77. The lowest BCUT2D eigenvalue weighted by molar-refractivity contribution is -0.132.